The first-order valence-corrected chi connectivity index (χ1v) is 11.3. The van der Waals surface area contributed by atoms with Gasteiger partial charge in [-0.15, -0.1) is 11.3 Å². The third-order valence-electron chi connectivity index (χ3n) is 4.59. The summed E-state index contributed by atoms with van der Waals surface area (Å²) < 4.78 is 27.1. The minimum atomic E-state index is -3.59. The van der Waals surface area contributed by atoms with Gasteiger partial charge in [-0.05, 0) is 61.1 Å². The molecule has 28 heavy (non-hydrogen) atoms. The van der Waals surface area contributed by atoms with Crippen molar-refractivity contribution in [2.45, 2.75) is 31.1 Å². The van der Waals surface area contributed by atoms with Crippen LogP contribution < -0.4 is 5.32 Å². The van der Waals surface area contributed by atoms with Crippen molar-refractivity contribution < 1.29 is 13.2 Å². The van der Waals surface area contributed by atoms with E-state index in [1.54, 1.807) is 18.2 Å². The number of benzene rings is 1. The number of piperidine rings is 1. The molecule has 0 saturated carbocycles. The van der Waals surface area contributed by atoms with Gasteiger partial charge in [0.25, 0.3) is 5.91 Å². The normalized spacial score (nSPS) is 15.8. The monoisotopic (exact) mass is 415 g/mol. The Morgan fingerprint density at radius 1 is 1.25 bits per heavy atom. The van der Waals surface area contributed by atoms with Crippen LogP contribution in [0.3, 0.4) is 0 Å². The van der Waals surface area contributed by atoms with Gasteiger partial charge in [-0.3, -0.25) is 4.79 Å². The standard InChI is InChI=1S/C20H21N3O3S2/c1-15-8-11-27-19(15)12-16(14-21)20(24)22-17-6-5-7-18(13-17)28(25,26)23-9-3-2-4-10-23/h5-8,11-13H,2-4,9-10H2,1H3,(H,22,24)/b16-12+. The summed E-state index contributed by atoms with van der Waals surface area (Å²) in [7, 11) is -3.59. The molecule has 1 fully saturated rings. The number of sulfonamides is 1. The number of hydrogen-bond acceptors (Lipinski definition) is 5. The fourth-order valence-corrected chi connectivity index (χ4v) is 5.42. The molecular formula is C20H21N3O3S2. The molecule has 146 valence electrons. The van der Waals surface area contributed by atoms with Gasteiger partial charge in [0, 0.05) is 23.7 Å². The van der Waals surface area contributed by atoms with E-state index in [2.05, 4.69) is 5.32 Å². The SMILES string of the molecule is Cc1ccsc1/C=C(\C#N)C(=O)Nc1cccc(S(=O)(=O)N2CCCCC2)c1. The lowest BCUT2D eigenvalue weighted by molar-refractivity contribution is -0.112. The molecule has 1 N–H and O–H groups in total. The summed E-state index contributed by atoms with van der Waals surface area (Å²) >= 11 is 1.45. The smallest absolute Gasteiger partial charge is 0.266 e. The summed E-state index contributed by atoms with van der Waals surface area (Å²) in [6.45, 7) is 2.94. The van der Waals surface area contributed by atoms with Crippen LogP contribution in [0.5, 0.6) is 0 Å². The van der Waals surface area contributed by atoms with Gasteiger partial charge in [0.2, 0.25) is 10.0 Å². The Bertz CT molecular complexity index is 1040. The molecule has 0 spiro atoms. The topological polar surface area (TPSA) is 90.3 Å². The Morgan fingerprint density at radius 2 is 2.00 bits per heavy atom. The molecule has 1 aromatic heterocycles. The lowest BCUT2D eigenvalue weighted by Gasteiger charge is -2.26. The molecule has 0 unspecified atom stereocenters. The number of aryl methyl sites for hydroxylation is 1. The van der Waals surface area contributed by atoms with Gasteiger partial charge in [-0.1, -0.05) is 12.5 Å². The molecule has 1 saturated heterocycles. The summed E-state index contributed by atoms with van der Waals surface area (Å²) in [6.07, 6.45) is 4.29. The molecule has 8 heteroatoms. The minimum absolute atomic E-state index is 0.0326. The molecule has 0 atom stereocenters. The van der Waals surface area contributed by atoms with Crippen molar-refractivity contribution in [3.63, 3.8) is 0 Å². The van der Waals surface area contributed by atoms with Gasteiger partial charge in [0.05, 0.1) is 4.90 Å². The quantitative estimate of drug-likeness (QED) is 0.594. The Labute approximate surface area is 169 Å². The molecule has 6 nitrogen and oxygen atoms in total. The predicted octanol–water partition coefficient (Wildman–Crippen LogP) is 3.78. The number of amides is 1. The van der Waals surface area contributed by atoms with Crippen molar-refractivity contribution in [3.8, 4) is 6.07 Å². The first-order chi connectivity index (χ1) is 13.4. The first-order valence-electron chi connectivity index (χ1n) is 8.99. The molecule has 1 aliphatic rings. The summed E-state index contributed by atoms with van der Waals surface area (Å²) in [4.78, 5) is 13.5. The number of carbonyl (C=O) groups excluding carboxylic acids is 1. The van der Waals surface area contributed by atoms with Crippen LogP contribution in [0.15, 0.2) is 46.2 Å². The Hall–Kier alpha value is -2.47. The number of nitriles is 1. The predicted molar refractivity (Wildman–Crippen MR) is 110 cm³/mol. The van der Waals surface area contributed by atoms with Gasteiger partial charge in [0.1, 0.15) is 11.6 Å². The fourth-order valence-electron chi connectivity index (χ4n) is 3.00. The van der Waals surface area contributed by atoms with Crippen LogP contribution in [0.25, 0.3) is 6.08 Å². The third kappa shape index (κ3) is 4.50. The van der Waals surface area contributed by atoms with Crippen LogP contribution in [0.1, 0.15) is 29.7 Å². The molecule has 0 aliphatic carbocycles. The lowest BCUT2D eigenvalue weighted by atomic mass is 10.2. The number of rotatable bonds is 5. The molecular weight excluding hydrogens is 394 g/mol. The summed E-state index contributed by atoms with van der Waals surface area (Å²) in [5.41, 5.74) is 1.29. The lowest BCUT2D eigenvalue weighted by Crippen LogP contribution is -2.35. The van der Waals surface area contributed by atoms with Crippen molar-refractivity contribution in [1.29, 1.82) is 5.26 Å². The molecule has 1 amide bonds. The van der Waals surface area contributed by atoms with Crippen molar-refractivity contribution >= 4 is 39.0 Å². The van der Waals surface area contributed by atoms with Gasteiger partial charge in [-0.2, -0.15) is 9.57 Å². The maximum atomic E-state index is 12.8. The first kappa shape index (κ1) is 20.3. The highest BCUT2D eigenvalue weighted by Gasteiger charge is 2.26. The highest BCUT2D eigenvalue weighted by atomic mass is 32.2. The minimum Gasteiger partial charge on any atom is -0.321 e. The zero-order valence-electron chi connectivity index (χ0n) is 15.5. The summed E-state index contributed by atoms with van der Waals surface area (Å²) in [5, 5.41) is 13.9. The highest BCUT2D eigenvalue weighted by Crippen LogP contribution is 2.24. The Balaban J connectivity index is 1.80. The van der Waals surface area contributed by atoms with E-state index in [0.29, 0.717) is 18.8 Å². The van der Waals surface area contributed by atoms with Gasteiger partial charge >= 0.3 is 0 Å². The average molecular weight is 416 g/mol. The van der Waals surface area contributed by atoms with Crippen LogP contribution in [0, 0.1) is 18.3 Å². The second kappa shape index (κ2) is 8.69. The Morgan fingerprint density at radius 3 is 2.64 bits per heavy atom. The number of carbonyl (C=O) groups is 1. The van der Waals surface area contributed by atoms with Gasteiger partial charge in [-0.25, -0.2) is 8.42 Å². The van der Waals surface area contributed by atoms with Gasteiger partial charge < -0.3 is 5.32 Å². The fraction of sp³-hybridized carbons (Fsp3) is 0.300. The van der Waals surface area contributed by atoms with Crippen LogP contribution in [-0.2, 0) is 14.8 Å². The largest absolute Gasteiger partial charge is 0.321 e. The molecule has 2 aromatic rings. The number of nitrogens with one attached hydrogen (secondary N) is 1. The van der Waals surface area contributed by atoms with Crippen LogP contribution in [0.2, 0.25) is 0 Å². The maximum Gasteiger partial charge on any atom is 0.266 e. The summed E-state index contributed by atoms with van der Waals surface area (Å²) in [5.74, 6) is -0.567. The van der Waals surface area contributed by atoms with E-state index in [-0.39, 0.29) is 10.5 Å². The van der Waals surface area contributed by atoms with Crippen molar-refractivity contribution in [2.75, 3.05) is 18.4 Å². The van der Waals surface area contributed by atoms with Gasteiger partial charge in [0.15, 0.2) is 0 Å². The molecule has 1 aromatic carbocycles. The number of nitrogens with zero attached hydrogens (tertiary/aromatic N) is 2. The number of anilines is 1. The zero-order chi connectivity index (χ0) is 20.1. The third-order valence-corrected chi connectivity index (χ3v) is 7.45. The van der Waals surface area contributed by atoms with Crippen LogP contribution in [-0.4, -0.2) is 31.7 Å². The van der Waals surface area contributed by atoms with Crippen LogP contribution >= 0.6 is 11.3 Å². The highest BCUT2D eigenvalue weighted by molar-refractivity contribution is 7.89. The molecule has 1 aliphatic heterocycles. The number of thiophene rings is 1. The van der Waals surface area contributed by atoms with Crippen molar-refractivity contribution in [1.82, 2.24) is 4.31 Å². The molecule has 3 rings (SSSR count). The second-order valence-corrected chi connectivity index (χ2v) is 9.47. The van der Waals surface area contributed by atoms with E-state index in [1.807, 2.05) is 24.4 Å². The summed E-state index contributed by atoms with van der Waals surface area (Å²) in [6, 6.07) is 9.99. The van der Waals surface area contributed by atoms with E-state index >= 15 is 0 Å². The zero-order valence-corrected chi connectivity index (χ0v) is 17.1. The second-order valence-electron chi connectivity index (χ2n) is 6.58. The van der Waals surface area contributed by atoms with E-state index in [0.717, 1.165) is 29.7 Å². The van der Waals surface area contributed by atoms with Crippen molar-refractivity contribution in [2.24, 2.45) is 0 Å². The van der Waals surface area contributed by atoms with E-state index < -0.39 is 15.9 Å². The maximum absolute atomic E-state index is 12.8. The van der Waals surface area contributed by atoms with E-state index in [4.69, 9.17) is 0 Å². The van der Waals surface area contributed by atoms with Crippen molar-refractivity contribution in [3.05, 3.63) is 51.7 Å². The average Bonchev–Trinajstić information content (AvgIpc) is 3.11. The Kier molecular flexibility index (Phi) is 6.29. The number of hydrogen-bond donors (Lipinski definition) is 1. The van der Waals surface area contributed by atoms with Crippen LogP contribution in [0.4, 0.5) is 5.69 Å². The van der Waals surface area contributed by atoms with E-state index in [1.165, 1.54) is 27.8 Å². The molecule has 0 radical (unpaired) electrons. The molecule has 0 bridgehead atoms. The van der Waals surface area contributed by atoms with E-state index in [9.17, 15) is 18.5 Å². The molecule has 2 heterocycles.